The Morgan fingerprint density at radius 1 is 1.05 bits per heavy atom. The average molecular weight is 282 g/mol. The second-order valence-corrected chi connectivity index (χ2v) is 5.48. The Balaban J connectivity index is 2.34. The monoisotopic (exact) mass is 282 g/mol. The molecule has 3 heteroatoms. The van der Waals surface area contributed by atoms with Gasteiger partial charge in [0.1, 0.15) is 0 Å². The number of carbonyl (C=O) groups is 1. The van der Waals surface area contributed by atoms with Crippen molar-refractivity contribution in [1.82, 2.24) is 0 Å². The van der Waals surface area contributed by atoms with Crippen molar-refractivity contribution in [3.8, 4) is 0 Å². The van der Waals surface area contributed by atoms with Gasteiger partial charge in [-0.2, -0.15) is 0 Å². The van der Waals surface area contributed by atoms with E-state index in [2.05, 4.69) is 0 Å². The van der Waals surface area contributed by atoms with Crippen LogP contribution in [-0.4, -0.2) is 11.4 Å². The minimum atomic E-state index is -0.857. The van der Waals surface area contributed by atoms with E-state index in [1.54, 1.807) is 11.8 Å². The highest BCUT2D eigenvalue weighted by Crippen LogP contribution is 2.21. The van der Waals surface area contributed by atoms with Gasteiger partial charge in [-0.15, -0.1) is 0 Å². The molecule has 2 aromatic rings. The molecule has 0 bridgehead atoms. The van der Waals surface area contributed by atoms with Crippen LogP contribution in [0.4, 0.5) is 5.69 Å². The second kappa shape index (κ2) is 6.55. The largest absolute Gasteiger partial charge is 0.318 e. The zero-order chi connectivity index (χ0) is 15.3. The molecule has 0 aliphatic carbocycles. The number of amides is 1. The van der Waals surface area contributed by atoms with E-state index in [0.29, 0.717) is 13.0 Å². The number of nitrogens with zero attached hydrogens (tertiary/aromatic N) is 1. The molecular weight excluding hydrogens is 260 g/mol. The Labute approximate surface area is 126 Å². The van der Waals surface area contributed by atoms with Crippen LogP contribution in [0, 0.1) is 0 Å². The van der Waals surface area contributed by atoms with Crippen LogP contribution >= 0.6 is 0 Å². The third kappa shape index (κ3) is 3.70. The molecule has 0 aliphatic heterocycles. The summed E-state index contributed by atoms with van der Waals surface area (Å²) in [6, 6.07) is 19.6. The smallest absolute Gasteiger partial charge is 0.247 e. The normalized spacial score (nSPS) is 13.5. The van der Waals surface area contributed by atoms with Gasteiger partial charge in [0.2, 0.25) is 5.91 Å². The number of rotatable bonds is 5. The molecule has 0 fully saturated rings. The summed E-state index contributed by atoms with van der Waals surface area (Å²) in [5.74, 6) is -0.0555. The van der Waals surface area contributed by atoms with Crippen LogP contribution < -0.4 is 10.6 Å². The number of hydrogen-bond donors (Lipinski definition) is 1. The van der Waals surface area contributed by atoms with Crippen molar-refractivity contribution in [2.24, 2.45) is 5.73 Å². The fourth-order valence-electron chi connectivity index (χ4n) is 2.11. The SMILES string of the molecule is CCC(C)(N)C(=O)N(Cc1ccccc1)c1ccccc1. The highest BCUT2D eigenvalue weighted by atomic mass is 16.2. The lowest BCUT2D eigenvalue weighted by Gasteiger charge is -2.31. The first-order valence-electron chi connectivity index (χ1n) is 7.24. The zero-order valence-electron chi connectivity index (χ0n) is 12.6. The predicted octanol–water partition coefficient (Wildman–Crippen LogP) is 3.35. The van der Waals surface area contributed by atoms with Crippen LogP contribution in [0.3, 0.4) is 0 Å². The highest BCUT2D eigenvalue weighted by Gasteiger charge is 2.31. The maximum Gasteiger partial charge on any atom is 0.247 e. The van der Waals surface area contributed by atoms with E-state index in [9.17, 15) is 4.79 Å². The summed E-state index contributed by atoms with van der Waals surface area (Å²) in [5.41, 5.74) is 7.26. The molecule has 0 heterocycles. The van der Waals surface area contributed by atoms with Crippen molar-refractivity contribution in [3.05, 3.63) is 66.2 Å². The van der Waals surface area contributed by atoms with E-state index in [-0.39, 0.29) is 5.91 Å². The molecular formula is C18H22N2O. The van der Waals surface area contributed by atoms with Gasteiger partial charge in [0.05, 0.1) is 12.1 Å². The summed E-state index contributed by atoms with van der Waals surface area (Å²) < 4.78 is 0. The van der Waals surface area contributed by atoms with Crippen LogP contribution in [0.1, 0.15) is 25.8 Å². The van der Waals surface area contributed by atoms with Crippen LogP contribution in [0.2, 0.25) is 0 Å². The summed E-state index contributed by atoms with van der Waals surface area (Å²) in [4.78, 5) is 14.6. The third-order valence-electron chi connectivity index (χ3n) is 3.72. The van der Waals surface area contributed by atoms with Crippen molar-refractivity contribution >= 4 is 11.6 Å². The van der Waals surface area contributed by atoms with Crippen molar-refractivity contribution in [2.75, 3.05) is 4.90 Å². The maximum absolute atomic E-state index is 12.8. The lowest BCUT2D eigenvalue weighted by Crippen LogP contribution is -2.52. The van der Waals surface area contributed by atoms with Gasteiger partial charge in [0.15, 0.2) is 0 Å². The van der Waals surface area contributed by atoms with Crippen LogP contribution in [0.5, 0.6) is 0 Å². The molecule has 2 rings (SSSR count). The molecule has 0 aromatic heterocycles. The quantitative estimate of drug-likeness (QED) is 0.914. The molecule has 21 heavy (non-hydrogen) atoms. The first kappa shape index (κ1) is 15.3. The first-order chi connectivity index (χ1) is 10.0. The van der Waals surface area contributed by atoms with Crippen molar-refractivity contribution in [3.63, 3.8) is 0 Å². The molecule has 0 saturated heterocycles. The summed E-state index contributed by atoms with van der Waals surface area (Å²) in [6.07, 6.45) is 0.601. The van der Waals surface area contributed by atoms with Gasteiger partial charge in [-0.1, -0.05) is 55.5 Å². The van der Waals surface area contributed by atoms with Crippen LogP contribution in [-0.2, 0) is 11.3 Å². The molecule has 0 aliphatic rings. The fourth-order valence-corrected chi connectivity index (χ4v) is 2.11. The van der Waals surface area contributed by atoms with Crippen molar-refractivity contribution in [2.45, 2.75) is 32.4 Å². The van der Waals surface area contributed by atoms with E-state index in [0.717, 1.165) is 11.3 Å². The average Bonchev–Trinajstić information content (AvgIpc) is 2.53. The number of para-hydroxylation sites is 1. The van der Waals surface area contributed by atoms with Crippen LogP contribution in [0.25, 0.3) is 0 Å². The molecule has 0 radical (unpaired) electrons. The van der Waals surface area contributed by atoms with E-state index in [1.807, 2.05) is 67.6 Å². The second-order valence-electron chi connectivity index (χ2n) is 5.48. The molecule has 1 amide bonds. The van der Waals surface area contributed by atoms with Crippen molar-refractivity contribution in [1.29, 1.82) is 0 Å². The Hall–Kier alpha value is -2.13. The van der Waals surface area contributed by atoms with Gasteiger partial charge >= 0.3 is 0 Å². The Morgan fingerprint density at radius 2 is 1.57 bits per heavy atom. The van der Waals surface area contributed by atoms with E-state index >= 15 is 0 Å². The van der Waals surface area contributed by atoms with E-state index in [4.69, 9.17) is 5.73 Å². The van der Waals surface area contributed by atoms with E-state index in [1.165, 1.54) is 0 Å². The number of carbonyl (C=O) groups excluding carboxylic acids is 1. The molecule has 0 spiro atoms. The fraction of sp³-hybridized carbons (Fsp3) is 0.278. The Bertz CT molecular complexity index is 579. The number of anilines is 1. The first-order valence-corrected chi connectivity index (χ1v) is 7.24. The summed E-state index contributed by atoms with van der Waals surface area (Å²) in [6.45, 7) is 4.25. The molecule has 0 saturated carbocycles. The van der Waals surface area contributed by atoms with Gasteiger partial charge in [0.25, 0.3) is 0 Å². The summed E-state index contributed by atoms with van der Waals surface area (Å²) in [7, 11) is 0. The Morgan fingerprint density at radius 3 is 2.10 bits per heavy atom. The standard InChI is InChI=1S/C18H22N2O/c1-3-18(2,19)17(21)20(16-12-8-5-9-13-16)14-15-10-6-4-7-11-15/h4-13H,3,14,19H2,1-2H3. The minimum absolute atomic E-state index is 0.0555. The predicted molar refractivity (Wildman–Crippen MR) is 87.0 cm³/mol. The van der Waals surface area contributed by atoms with Crippen LogP contribution in [0.15, 0.2) is 60.7 Å². The molecule has 1 atom stereocenters. The lowest BCUT2D eigenvalue weighted by atomic mass is 9.97. The summed E-state index contributed by atoms with van der Waals surface area (Å²) in [5, 5.41) is 0. The number of hydrogen-bond acceptors (Lipinski definition) is 2. The van der Waals surface area contributed by atoms with Gasteiger partial charge < -0.3 is 10.6 Å². The van der Waals surface area contributed by atoms with Gasteiger partial charge in [-0.25, -0.2) is 0 Å². The number of nitrogens with two attached hydrogens (primary N) is 1. The van der Waals surface area contributed by atoms with Crippen molar-refractivity contribution < 1.29 is 4.79 Å². The summed E-state index contributed by atoms with van der Waals surface area (Å²) >= 11 is 0. The lowest BCUT2D eigenvalue weighted by molar-refractivity contribution is -0.123. The number of benzene rings is 2. The third-order valence-corrected chi connectivity index (χ3v) is 3.72. The molecule has 1 unspecified atom stereocenters. The zero-order valence-corrected chi connectivity index (χ0v) is 12.6. The highest BCUT2D eigenvalue weighted by molar-refractivity contribution is 5.99. The topological polar surface area (TPSA) is 46.3 Å². The minimum Gasteiger partial charge on any atom is -0.318 e. The molecule has 110 valence electrons. The van der Waals surface area contributed by atoms with E-state index < -0.39 is 5.54 Å². The Kier molecular flexibility index (Phi) is 4.76. The van der Waals surface area contributed by atoms with Gasteiger partial charge in [0, 0.05) is 5.69 Å². The molecule has 3 nitrogen and oxygen atoms in total. The van der Waals surface area contributed by atoms with Gasteiger partial charge in [-0.3, -0.25) is 4.79 Å². The molecule has 2 aromatic carbocycles. The maximum atomic E-state index is 12.8. The van der Waals surface area contributed by atoms with Gasteiger partial charge in [-0.05, 0) is 31.0 Å². The molecule has 2 N–H and O–H groups in total.